The number of rotatable bonds is 2. The average molecular weight is 166 g/mol. The van der Waals surface area contributed by atoms with Gasteiger partial charge >= 0.3 is 0 Å². The third-order valence-electron chi connectivity index (χ3n) is 1.89. The molecule has 0 fully saturated rings. The first-order chi connectivity index (χ1) is 5.65. The zero-order valence-electron chi connectivity index (χ0n) is 7.41. The molecular formula is C9H14N2O. The third-order valence-corrected chi connectivity index (χ3v) is 1.89. The number of nitrogen functional groups attached to an aromatic ring is 1. The van der Waals surface area contributed by atoms with Crippen molar-refractivity contribution in [2.45, 2.75) is 26.4 Å². The number of anilines is 1. The van der Waals surface area contributed by atoms with Gasteiger partial charge in [0, 0.05) is 11.3 Å². The molecule has 12 heavy (non-hydrogen) atoms. The fourth-order valence-corrected chi connectivity index (χ4v) is 1.16. The molecule has 1 atom stereocenters. The Balaban J connectivity index is 3.01. The molecule has 0 aromatic carbocycles. The van der Waals surface area contributed by atoms with Crippen LogP contribution in [0.15, 0.2) is 12.1 Å². The maximum absolute atomic E-state index is 9.52. The topological polar surface area (TPSA) is 59.1 Å². The zero-order chi connectivity index (χ0) is 9.14. The summed E-state index contributed by atoms with van der Waals surface area (Å²) in [6.07, 6.45) is 0.282. The van der Waals surface area contributed by atoms with Crippen molar-refractivity contribution in [3.05, 3.63) is 23.4 Å². The van der Waals surface area contributed by atoms with E-state index >= 15 is 0 Å². The second-order valence-electron chi connectivity index (χ2n) is 2.83. The molecule has 3 heteroatoms. The average Bonchev–Trinajstić information content (AvgIpc) is 2.03. The minimum Gasteiger partial charge on any atom is -0.388 e. The second kappa shape index (κ2) is 3.54. The van der Waals surface area contributed by atoms with Gasteiger partial charge < -0.3 is 10.8 Å². The number of aryl methyl sites for hydroxylation is 1. The van der Waals surface area contributed by atoms with Gasteiger partial charge in [-0.3, -0.25) is 0 Å². The van der Waals surface area contributed by atoms with Gasteiger partial charge in [0.15, 0.2) is 0 Å². The number of aliphatic hydroxyl groups excluding tert-OH is 1. The van der Waals surface area contributed by atoms with Crippen molar-refractivity contribution in [2.24, 2.45) is 0 Å². The van der Waals surface area contributed by atoms with E-state index < -0.39 is 6.10 Å². The monoisotopic (exact) mass is 166 g/mol. The Bertz CT molecular complexity index is 273. The number of aromatic nitrogens is 1. The third kappa shape index (κ3) is 1.74. The number of aliphatic hydroxyl groups is 1. The SMILES string of the molecule is CC[C@H](O)c1ccc(N)nc1C. The van der Waals surface area contributed by atoms with Gasteiger partial charge in [-0.15, -0.1) is 0 Å². The molecule has 0 radical (unpaired) electrons. The van der Waals surface area contributed by atoms with Crippen LogP contribution in [-0.2, 0) is 0 Å². The standard InChI is InChI=1S/C9H14N2O/c1-3-8(12)7-4-5-9(10)11-6(7)2/h4-5,8,12H,3H2,1-2H3,(H2,10,11)/t8-/m0/s1. The molecule has 0 unspecified atom stereocenters. The lowest BCUT2D eigenvalue weighted by Gasteiger charge is -2.10. The van der Waals surface area contributed by atoms with Crippen LogP contribution in [0.2, 0.25) is 0 Å². The molecule has 0 aliphatic heterocycles. The number of hydrogen-bond donors (Lipinski definition) is 2. The minimum atomic E-state index is -0.418. The zero-order valence-corrected chi connectivity index (χ0v) is 7.41. The largest absolute Gasteiger partial charge is 0.388 e. The van der Waals surface area contributed by atoms with Gasteiger partial charge in [-0.2, -0.15) is 0 Å². The van der Waals surface area contributed by atoms with Crippen molar-refractivity contribution in [3.63, 3.8) is 0 Å². The lowest BCUT2D eigenvalue weighted by atomic mass is 10.1. The highest BCUT2D eigenvalue weighted by Crippen LogP contribution is 2.19. The first-order valence-electron chi connectivity index (χ1n) is 4.06. The Hall–Kier alpha value is -1.09. The summed E-state index contributed by atoms with van der Waals surface area (Å²) in [6, 6.07) is 3.53. The van der Waals surface area contributed by atoms with Crippen molar-refractivity contribution in [1.82, 2.24) is 4.98 Å². The quantitative estimate of drug-likeness (QED) is 0.698. The molecule has 3 N–H and O–H groups in total. The van der Waals surface area contributed by atoms with Gasteiger partial charge in [-0.25, -0.2) is 4.98 Å². The molecule has 1 heterocycles. The number of nitrogens with zero attached hydrogens (tertiary/aromatic N) is 1. The highest BCUT2D eigenvalue weighted by Gasteiger charge is 2.08. The van der Waals surface area contributed by atoms with Gasteiger partial charge in [0.2, 0.25) is 0 Å². The van der Waals surface area contributed by atoms with Crippen LogP contribution in [-0.4, -0.2) is 10.1 Å². The summed E-state index contributed by atoms with van der Waals surface area (Å²) >= 11 is 0. The molecule has 0 aliphatic rings. The van der Waals surface area contributed by atoms with E-state index in [4.69, 9.17) is 5.73 Å². The van der Waals surface area contributed by atoms with Crippen molar-refractivity contribution in [1.29, 1.82) is 0 Å². The Labute approximate surface area is 72.2 Å². The maximum Gasteiger partial charge on any atom is 0.123 e. The van der Waals surface area contributed by atoms with Gasteiger partial charge in [0.25, 0.3) is 0 Å². The molecule has 0 amide bonds. The molecule has 1 rings (SSSR count). The minimum absolute atomic E-state index is 0.418. The molecule has 0 spiro atoms. The fraction of sp³-hybridized carbons (Fsp3) is 0.444. The van der Waals surface area contributed by atoms with Crippen molar-refractivity contribution in [2.75, 3.05) is 5.73 Å². The fourth-order valence-electron chi connectivity index (χ4n) is 1.16. The van der Waals surface area contributed by atoms with Crippen LogP contribution in [0, 0.1) is 6.92 Å². The summed E-state index contributed by atoms with van der Waals surface area (Å²) in [5, 5.41) is 9.52. The van der Waals surface area contributed by atoms with E-state index in [2.05, 4.69) is 4.98 Å². The van der Waals surface area contributed by atoms with Crippen LogP contribution in [0.3, 0.4) is 0 Å². The van der Waals surface area contributed by atoms with Crippen molar-refractivity contribution < 1.29 is 5.11 Å². The summed E-state index contributed by atoms with van der Waals surface area (Å²) < 4.78 is 0. The number of nitrogens with two attached hydrogens (primary N) is 1. The molecule has 0 aliphatic carbocycles. The van der Waals surface area contributed by atoms with E-state index in [0.29, 0.717) is 12.2 Å². The van der Waals surface area contributed by atoms with Crippen LogP contribution < -0.4 is 5.73 Å². The van der Waals surface area contributed by atoms with Crippen molar-refractivity contribution in [3.8, 4) is 0 Å². The van der Waals surface area contributed by atoms with Gasteiger partial charge in [-0.05, 0) is 19.4 Å². The Morgan fingerprint density at radius 2 is 2.25 bits per heavy atom. The molecule has 3 nitrogen and oxygen atoms in total. The van der Waals surface area contributed by atoms with E-state index in [0.717, 1.165) is 11.3 Å². The molecule has 1 aromatic heterocycles. The van der Waals surface area contributed by atoms with Gasteiger partial charge in [-0.1, -0.05) is 13.0 Å². The van der Waals surface area contributed by atoms with E-state index in [1.54, 1.807) is 6.07 Å². The van der Waals surface area contributed by atoms with Crippen LogP contribution in [0.4, 0.5) is 5.82 Å². The molecular weight excluding hydrogens is 152 g/mol. The van der Waals surface area contributed by atoms with E-state index in [1.807, 2.05) is 19.9 Å². The van der Waals surface area contributed by atoms with E-state index in [9.17, 15) is 5.11 Å². The summed E-state index contributed by atoms with van der Waals surface area (Å²) in [6.45, 7) is 3.78. The summed E-state index contributed by atoms with van der Waals surface area (Å²) in [5.74, 6) is 0.500. The highest BCUT2D eigenvalue weighted by molar-refractivity contribution is 5.34. The molecule has 1 aromatic rings. The van der Waals surface area contributed by atoms with Crippen LogP contribution in [0.5, 0.6) is 0 Å². The first-order valence-corrected chi connectivity index (χ1v) is 4.06. The summed E-state index contributed by atoms with van der Waals surface area (Å²) in [5.41, 5.74) is 7.15. The number of pyridine rings is 1. The molecule has 66 valence electrons. The highest BCUT2D eigenvalue weighted by atomic mass is 16.3. The lowest BCUT2D eigenvalue weighted by molar-refractivity contribution is 0.172. The maximum atomic E-state index is 9.52. The van der Waals surface area contributed by atoms with Gasteiger partial charge in [0.1, 0.15) is 5.82 Å². The normalized spacial score (nSPS) is 12.9. The van der Waals surface area contributed by atoms with Gasteiger partial charge in [0.05, 0.1) is 6.10 Å². The van der Waals surface area contributed by atoms with Crippen LogP contribution in [0.1, 0.15) is 30.7 Å². The first kappa shape index (κ1) is 9.00. The molecule has 0 saturated heterocycles. The van der Waals surface area contributed by atoms with Crippen LogP contribution in [0.25, 0.3) is 0 Å². The summed E-state index contributed by atoms with van der Waals surface area (Å²) in [7, 11) is 0. The Kier molecular flexibility index (Phi) is 2.65. The molecule has 0 bridgehead atoms. The second-order valence-corrected chi connectivity index (χ2v) is 2.83. The van der Waals surface area contributed by atoms with E-state index in [1.165, 1.54) is 0 Å². The lowest BCUT2D eigenvalue weighted by Crippen LogP contribution is -2.02. The predicted molar refractivity (Wildman–Crippen MR) is 48.6 cm³/mol. The Morgan fingerprint density at radius 3 is 2.75 bits per heavy atom. The Morgan fingerprint density at radius 1 is 1.58 bits per heavy atom. The van der Waals surface area contributed by atoms with Crippen molar-refractivity contribution >= 4 is 5.82 Å². The number of hydrogen-bond acceptors (Lipinski definition) is 3. The van der Waals surface area contributed by atoms with E-state index in [-0.39, 0.29) is 0 Å². The van der Waals surface area contributed by atoms with Crippen LogP contribution >= 0.6 is 0 Å². The molecule has 0 saturated carbocycles. The summed E-state index contributed by atoms with van der Waals surface area (Å²) in [4.78, 5) is 4.06. The smallest absolute Gasteiger partial charge is 0.123 e. The predicted octanol–water partition coefficient (Wildman–Crippen LogP) is 1.42.